The zero-order valence-corrected chi connectivity index (χ0v) is 12.1. The minimum absolute atomic E-state index is 0.163. The molecule has 2 heteroatoms. The molecule has 0 heterocycles. The fourth-order valence-electron chi connectivity index (χ4n) is 2.53. The van der Waals surface area contributed by atoms with E-state index in [9.17, 15) is 9.59 Å². The van der Waals surface area contributed by atoms with Crippen molar-refractivity contribution in [1.82, 2.24) is 0 Å². The van der Waals surface area contributed by atoms with Crippen molar-refractivity contribution in [3.05, 3.63) is 23.8 Å². The third-order valence-corrected chi connectivity index (χ3v) is 3.79. The maximum atomic E-state index is 11.7. The summed E-state index contributed by atoms with van der Waals surface area (Å²) in [5.74, 6) is -0.644. The van der Waals surface area contributed by atoms with Crippen LogP contribution >= 0.6 is 0 Å². The van der Waals surface area contributed by atoms with Crippen molar-refractivity contribution in [3.8, 4) is 0 Å². The lowest BCUT2D eigenvalue weighted by molar-refractivity contribution is -0.135. The quantitative estimate of drug-likeness (QED) is 0.431. The topological polar surface area (TPSA) is 34.1 Å². The van der Waals surface area contributed by atoms with Gasteiger partial charge in [-0.1, -0.05) is 45.4 Å². The van der Waals surface area contributed by atoms with Crippen LogP contribution in [-0.4, -0.2) is 11.6 Å². The van der Waals surface area contributed by atoms with Crippen LogP contribution in [0.5, 0.6) is 0 Å². The molecule has 1 rings (SSSR count). The van der Waals surface area contributed by atoms with E-state index in [1.165, 1.54) is 11.6 Å². The van der Waals surface area contributed by atoms with Gasteiger partial charge in [0, 0.05) is 11.8 Å². The molecule has 0 spiro atoms. The van der Waals surface area contributed by atoms with Crippen molar-refractivity contribution >= 4 is 11.6 Å². The summed E-state index contributed by atoms with van der Waals surface area (Å²) in [6, 6.07) is 0. The first-order valence-corrected chi connectivity index (χ1v) is 6.68. The van der Waals surface area contributed by atoms with E-state index in [4.69, 9.17) is 0 Å². The summed E-state index contributed by atoms with van der Waals surface area (Å²) >= 11 is 0. The molecule has 2 nitrogen and oxygen atoms in total. The van der Waals surface area contributed by atoms with Crippen LogP contribution in [0.15, 0.2) is 23.8 Å². The first-order valence-electron chi connectivity index (χ1n) is 6.68. The standard InChI is InChI=1S/C16H24O2/c1-11(2)15(18)14(17)9-8-13-12(3)7-6-10-16(13,4)5/h7-9,11,13H,6,10H2,1-5H3/b9-8+. The minimum atomic E-state index is -0.376. The highest BCUT2D eigenvalue weighted by atomic mass is 16.2. The second-order valence-electron chi connectivity index (χ2n) is 6.20. The largest absolute Gasteiger partial charge is 0.290 e. The van der Waals surface area contributed by atoms with Crippen LogP contribution in [0.4, 0.5) is 0 Å². The predicted molar refractivity (Wildman–Crippen MR) is 74.3 cm³/mol. The van der Waals surface area contributed by atoms with Gasteiger partial charge in [0.25, 0.3) is 0 Å². The molecular formula is C16H24O2. The lowest BCUT2D eigenvalue weighted by atomic mass is 9.68. The van der Waals surface area contributed by atoms with Gasteiger partial charge in [-0.25, -0.2) is 0 Å². The Kier molecular flexibility index (Phi) is 4.66. The maximum absolute atomic E-state index is 11.7. The Morgan fingerprint density at radius 1 is 1.39 bits per heavy atom. The van der Waals surface area contributed by atoms with E-state index in [1.54, 1.807) is 13.8 Å². The third-order valence-electron chi connectivity index (χ3n) is 3.79. The first kappa shape index (κ1) is 14.9. The Morgan fingerprint density at radius 2 is 2.00 bits per heavy atom. The van der Waals surface area contributed by atoms with Crippen LogP contribution in [-0.2, 0) is 9.59 Å². The number of hydrogen-bond acceptors (Lipinski definition) is 2. The lowest BCUT2D eigenvalue weighted by Crippen LogP contribution is -2.27. The molecule has 0 aromatic carbocycles. The van der Waals surface area contributed by atoms with Crippen LogP contribution in [0.1, 0.15) is 47.5 Å². The summed E-state index contributed by atoms with van der Waals surface area (Å²) in [4.78, 5) is 23.2. The second kappa shape index (κ2) is 5.64. The minimum Gasteiger partial charge on any atom is -0.290 e. The molecule has 0 radical (unpaired) electrons. The highest BCUT2D eigenvalue weighted by Gasteiger charge is 2.31. The Labute approximate surface area is 110 Å². The molecule has 0 saturated carbocycles. The van der Waals surface area contributed by atoms with Crippen LogP contribution in [0.25, 0.3) is 0 Å². The summed E-state index contributed by atoms with van der Waals surface area (Å²) in [6.07, 6.45) is 7.83. The molecule has 1 aliphatic carbocycles. The van der Waals surface area contributed by atoms with Crippen molar-refractivity contribution in [2.24, 2.45) is 17.3 Å². The molecule has 0 aliphatic heterocycles. The number of carbonyl (C=O) groups excluding carboxylic acids is 2. The van der Waals surface area contributed by atoms with Crippen molar-refractivity contribution in [3.63, 3.8) is 0 Å². The lowest BCUT2D eigenvalue weighted by Gasteiger charge is -2.36. The predicted octanol–water partition coefficient (Wildman–Crippen LogP) is 3.72. The second-order valence-corrected chi connectivity index (χ2v) is 6.20. The smallest absolute Gasteiger partial charge is 0.221 e. The van der Waals surface area contributed by atoms with Gasteiger partial charge in [-0.3, -0.25) is 9.59 Å². The fraction of sp³-hybridized carbons (Fsp3) is 0.625. The van der Waals surface area contributed by atoms with Crippen molar-refractivity contribution < 1.29 is 9.59 Å². The van der Waals surface area contributed by atoms with Gasteiger partial charge in [-0.05, 0) is 31.3 Å². The van der Waals surface area contributed by atoms with Gasteiger partial charge in [-0.2, -0.15) is 0 Å². The first-order chi connectivity index (χ1) is 8.25. The van der Waals surface area contributed by atoms with Crippen molar-refractivity contribution in [2.75, 3.05) is 0 Å². The molecule has 0 fully saturated rings. The van der Waals surface area contributed by atoms with Crippen LogP contribution < -0.4 is 0 Å². The average Bonchev–Trinajstić information content (AvgIpc) is 2.25. The molecule has 1 atom stereocenters. The Bertz CT molecular complexity index is 397. The Hall–Kier alpha value is -1.18. The van der Waals surface area contributed by atoms with Gasteiger partial charge in [0.2, 0.25) is 11.6 Å². The number of carbonyl (C=O) groups is 2. The molecule has 1 unspecified atom stereocenters. The van der Waals surface area contributed by atoms with Gasteiger partial charge in [0.1, 0.15) is 0 Å². The van der Waals surface area contributed by atoms with E-state index in [2.05, 4.69) is 26.8 Å². The van der Waals surface area contributed by atoms with E-state index in [1.807, 2.05) is 6.08 Å². The molecule has 0 saturated heterocycles. The number of ketones is 2. The molecule has 0 N–H and O–H groups in total. The van der Waals surface area contributed by atoms with E-state index in [0.717, 1.165) is 12.8 Å². The fourth-order valence-corrected chi connectivity index (χ4v) is 2.53. The monoisotopic (exact) mass is 248 g/mol. The van der Waals surface area contributed by atoms with Gasteiger partial charge in [-0.15, -0.1) is 0 Å². The van der Waals surface area contributed by atoms with Gasteiger partial charge < -0.3 is 0 Å². The zero-order chi connectivity index (χ0) is 13.9. The summed E-state index contributed by atoms with van der Waals surface area (Å²) in [6.45, 7) is 10.0. The number of rotatable bonds is 4. The molecule has 0 aromatic rings. The highest BCUT2D eigenvalue weighted by molar-refractivity contribution is 6.42. The van der Waals surface area contributed by atoms with Crippen molar-refractivity contribution in [2.45, 2.75) is 47.5 Å². The normalized spacial score (nSPS) is 23.2. The molecule has 0 amide bonds. The molecule has 1 aliphatic rings. The van der Waals surface area contributed by atoms with E-state index < -0.39 is 0 Å². The summed E-state index contributed by atoms with van der Waals surface area (Å²) in [7, 11) is 0. The molecule has 0 bridgehead atoms. The van der Waals surface area contributed by atoms with E-state index in [0.29, 0.717) is 0 Å². The third kappa shape index (κ3) is 3.41. The summed E-state index contributed by atoms with van der Waals surface area (Å²) in [5, 5.41) is 0. The average molecular weight is 248 g/mol. The molecule has 18 heavy (non-hydrogen) atoms. The van der Waals surface area contributed by atoms with Crippen LogP contribution in [0, 0.1) is 17.3 Å². The molecule has 0 aromatic heterocycles. The van der Waals surface area contributed by atoms with Gasteiger partial charge >= 0.3 is 0 Å². The number of allylic oxidation sites excluding steroid dienone is 4. The van der Waals surface area contributed by atoms with E-state index in [-0.39, 0.29) is 28.8 Å². The molecular weight excluding hydrogens is 224 g/mol. The van der Waals surface area contributed by atoms with Crippen LogP contribution in [0.3, 0.4) is 0 Å². The Balaban J connectivity index is 2.83. The zero-order valence-electron chi connectivity index (χ0n) is 12.1. The summed E-state index contributed by atoms with van der Waals surface area (Å²) < 4.78 is 0. The Morgan fingerprint density at radius 3 is 2.50 bits per heavy atom. The SMILES string of the molecule is CC1=CCCC(C)(C)C1/C=C/C(=O)C(=O)C(C)C. The molecule has 100 valence electrons. The van der Waals surface area contributed by atoms with Gasteiger partial charge in [0.05, 0.1) is 0 Å². The maximum Gasteiger partial charge on any atom is 0.221 e. The van der Waals surface area contributed by atoms with E-state index >= 15 is 0 Å². The number of hydrogen-bond donors (Lipinski definition) is 0. The highest BCUT2D eigenvalue weighted by Crippen LogP contribution is 2.41. The summed E-state index contributed by atoms with van der Waals surface area (Å²) in [5.41, 5.74) is 1.46. The van der Waals surface area contributed by atoms with Crippen molar-refractivity contribution in [1.29, 1.82) is 0 Å². The number of Topliss-reactive ketones (excluding diaryl/α,β-unsaturated/α-hetero) is 1. The van der Waals surface area contributed by atoms with Crippen LogP contribution in [0.2, 0.25) is 0 Å². The van der Waals surface area contributed by atoms with Gasteiger partial charge in [0.15, 0.2) is 0 Å².